The molecule has 1 unspecified atom stereocenters. The van der Waals surface area contributed by atoms with E-state index in [0.717, 1.165) is 5.56 Å². The number of aliphatic carboxylic acids is 1. The highest BCUT2D eigenvalue weighted by Crippen LogP contribution is 2.15. The van der Waals surface area contributed by atoms with Crippen molar-refractivity contribution in [3.05, 3.63) is 35.4 Å². The normalized spacial score (nSPS) is 11.4. The Balaban J connectivity index is 2.85. The van der Waals surface area contributed by atoms with Crippen molar-refractivity contribution < 1.29 is 15.0 Å². The van der Waals surface area contributed by atoms with Crippen LogP contribution in [0, 0.1) is 11.8 Å². The van der Waals surface area contributed by atoms with Crippen molar-refractivity contribution in [3.63, 3.8) is 0 Å². The Bertz CT molecular complexity index is 431. The number of rotatable bonds is 3. The molecule has 0 heterocycles. The first-order valence-electron chi connectivity index (χ1n) is 4.80. The molecule has 0 saturated heterocycles. The lowest BCUT2D eigenvalue weighted by atomic mass is 10.0. The minimum atomic E-state index is -0.931. The summed E-state index contributed by atoms with van der Waals surface area (Å²) in [6, 6.07) is 6.50. The van der Waals surface area contributed by atoms with Gasteiger partial charge in [0.25, 0.3) is 0 Å². The molecule has 0 amide bonds. The molecular weight excluding hydrogens is 206 g/mol. The summed E-state index contributed by atoms with van der Waals surface area (Å²) in [6.45, 7) is -0.203. The summed E-state index contributed by atoms with van der Waals surface area (Å²) in [6.07, 6.45) is -0.114. The quantitative estimate of drug-likeness (QED) is 0.646. The van der Waals surface area contributed by atoms with Gasteiger partial charge in [-0.15, -0.1) is 0 Å². The van der Waals surface area contributed by atoms with Gasteiger partial charge >= 0.3 is 5.97 Å². The van der Waals surface area contributed by atoms with Gasteiger partial charge in [0, 0.05) is 11.6 Å². The summed E-state index contributed by atoms with van der Waals surface area (Å²) >= 11 is 0. The van der Waals surface area contributed by atoms with E-state index in [4.69, 9.17) is 15.9 Å². The monoisotopic (exact) mass is 219 g/mol. The van der Waals surface area contributed by atoms with Crippen molar-refractivity contribution in [2.24, 2.45) is 5.73 Å². The highest BCUT2D eigenvalue weighted by Gasteiger charge is 2.10. The van der Waals surface area contributed by atoms with E-state index < -0.39 is 12.0 Å². The molecule has 1 aromatic carbocycles. The van der Waals surface area contributed by atoms with E-state index in [2.05, 4.69) is 11.8 Å². The average molecular weight is 219 g/mol. The summed E-state index contributed by atoms with van der Waals surface area (Å²) in [5.41, 5.74) is 7.16. The van der Waals surface area contributed by atoms with Crippen LogP contribution in [-0.4, -0.2) is 22.8 Å². The number of hydrogen-bond acceptors (Lipinski definition) is 3. The highest BCUT2D eigenvalue weighted by atomic mass is 16.4. The van der Waals surface area contributed by atoms with Crippen molar-refractivity contribution in [1.29, 1.82) is 0 Å². The smallest absolute Gasteiger partial charge is 0.305 e. The molecule has 4 heteroatoms. The minimum absolute atomic E-state index is 0.114. The summed E-state index contributed by atoms with van der Waals surface area (Å²) in [5, 5.41) is 17.2. The zero-order valence-corrected chi connectivity index (χ0v) is 8.68. The molecule has 84 valence electrons. The maximum atomic E-state index is 10.5. The summed E-state index contributed by atoms with van der Waals surface area (Å²) in [4.78, 5) is 10.5. The first-order chi connectivity index (χ1) is 7.63. The second-order valence-electron chi connectivity index (χ2n) is 3.29. The predicted molar refractivity (Wildman–Crippen MR) is 59.6 cm³/mol. The summed E-state index contributed by atoms with van der Waals surface area (Å²) in [5.74, 6) is 4.33. The number of benzene rings is 1. The largest absolute Gasteiger partial charge is 0.481 e. The number of nitrogens with two attached hydrogens (primary N) is 1. The van der Waals surface area contributed by atoms with Crippen LogP contribution in [0.5, 0.6) is 0 Å². The summed E-state index contributed by atoms with van der Waals surface area (Å²) in [7, 11) is 0. The van der Waals surface area contributed by atoms with Gasteiger partial charge in [0.1, 0.15) is 6.61 Å². The molecule has 1 atom stereocenters. The van der Waals surface area contributed by atoms with E-state index in [1.54, 1.807) is 24.3 Å². The third kappa shape index (κ3) is 3.73. The molecule has 0 aliphatic carbocycles. The Morgan fingerprint density at radius 1 is 1.50 bits per heavy atom. The SMILES string of the molecule is NC(CC(=O)O)c1cccc(C#CCO)c1. The predicted octanol–water partition coefficient (Wildman–Crippen LogP) is 0.505. The fraction of sp³-hybridized carbons (Fsp3) is 0.250. The van der Waals surface area contributed by atoms with E-state index in [9.17, 15) is 4.79 Å². The Kier molecular flexibility index (Phi) is 4.52. The molecule has 0 radical (unpaired) electrons. The van der Waals surface area contributed by atoms with Crippen LogP contribution in [-0.2, 0) is 4.79 Å². The van der Waals surface area contributed by atoms with Crippen molar-refractivity contribution in [2.45, 2.75) is 12.5 Å². The van der Waals surface area contributed by atoms with Crippen LogP contribution in [0.4, 0.5) is 0 Å². The van der Waals surface area contributed by atoms with E-state index in [1.165, 1.54) is 0 Å². The molecule has 0 spiro atoms. The lowest BCUT2D eigenvalue weighted by Crippen LogP contribution is -2.14. The highest BCUT2D eigenvalue weighted by molar-refractivity contribution is 5.67. The van der Waals surface area contributed by atoms with Crippen molar-refractivity contribution in [1.82, 2.24) is 0 Å². The number of hydrogen-bond donors (Lipinski definition) is 3. The van der Waals surface area contributed by atoms with Crippen LogP contribution in [0.1, 0.15) is 23.6 Å². The Morgan fingerprint density at radius 2 is 2.25 bits per heavy atom. The zero-order chi connectivity index (χ0) is 12.0. The maximum absolute atomic E-state index is 10.5. The van der Waals surface area contributed by atoms with E-state index in [0.29, 0.717) is 5.56 Å². The van der Waals surface area contributed by atoms with Crippen LogP contribution in [0.15, 0.2) is 24.3 Å². The average Bonchev–Trinajstić information content (AvgIpc) is 2.26. The van der Waals surface area contributed by atoms with E-state index >= 15 is 0 Å². The molecule has 0 bridgehead atoms. The molecule has 0 aliphatic rings. The summed E-state index contributed by atoms with van der Waals surface area (Å²) < 4.78 is 0. The van der Waals surface area contributed by atoms with Crippen LogP contribution in [0.3, 0.4) is 0 Å². The topological polar surface area (TPSA) is 83.6 Å². The molecule has 0 saturated carbocycles. The van der Waals surface area contributed by atoms with E-state index in [-0.39, 0.29) is 13.0 Å². The van der Waals surface area contributed by atoms with Gasteiger partial charge in [-0.25, -0.2) is 0 Å². The first kappa shape index (κ1) is 12.2. The second-order valence-corrected chi connectivity index (χ2v) is 3.29. The van der Waals surface area contributed by atoms with Crippen molar-refractivity contribution in [2.75, 3.05) is 6.61 Å². The Morgan fingerprint density at radius 3 is 2.88 bits per heavy atom. The number of carboxylic acid groups (broad SMARTS) is 1. The molecule has 1 aromatic rings. The molecule has 4 nitrogen and oxygen atoms in total. The minimum Gasteiger partial charge on any atom is -0.481 e. The van der Waals surface area contributed by atoms with Gasteiger partial charge in [-0.05, 0) is 17.7 Å². The van der Waals surface area contributed by atoms with Crippen molar-refractivity contribution >= 4 is 5.97 Å². The second kappa shape index (κ2) is 5.91. The Hall–Kier alpha value is -1.83. The molecule has 1 rings (SSSR count). The van der Waals surface area contributed by atoms with Gasteiger partial charge < -0.3 is 15.9 Å². The van der Waals surface area contributed by atoms with Gasteiger partial charge in [0.05, 0.1) is 6.42 Å². The van der Waals surface area contributed by atoms with Gasteiger partial charge in [0.2, 0.25) is 0 Å². The third-order valence-corrected chi connectivity index (χ3v) is 2.02. The number of aliphatic hydroxyl groups excluding tert-OH is 1. The molecule has 0 aliphatic heterocycles. The maximum Gasteiger partial charge on any atom is 0.305 e. The van der Waals surface area contributed by atoms with Crippen LogP contribution in [0.2, 0.25) is 0 Å². The number of carboxylic acids is 1. The number of aliphatic hydroxyl groups is 1. The molecule has 16 heavy (non-hydrogen) atoms. The fourth-order valence-electron chi connectivity index (χ4n) is 1.29. The lowest BCUT2D eigenvalue weighted by molar-refractivity contribution is -0.137. The van der Waals surface area contributed by atoms with E-state index in [1.807, 2.05) is 0 Å². The molecular formula is C12H13NO3. The van der Waals surface area contributed by atoms with Gasteiger partial charge in [-0.1, -0.05) is 24.0 Å². The van der Waals surface area contributed by atoms with Crippen LogP contribution in [0.25, 0.3) is 0 Å². The molecule has 4 N–H and O–H groups in total. The van der Waals surface area contributed by atoms with Crippen LogP contribution >= 0.6 is 0 Å². The Labute approximate surface area is 93.7 Å². The molecule has 0 aromatic heterocycles. The molecule has 0 fully saturated rings. The fourth-order valence-corrected chi connectivity index (χ4v) is 1.29. The number of carbonyl (C=O) groups is 1. The van der Waals surface area contributed by atoms with Crippen molar-refractivity contribution in [3.8, 4) is 11.8 Å². The third-order valence-electron chi connectivity index (χ3n) is 2.02. The standard InChI is InChI=1S/C12H13NO3/c13-11(8-12(15)16)10-5-1-3-9(7-10)4-2-6-14/h1,3,5,7,11,14H,6,8,13H2,(H,15,16). The van der Waals surface area contributed by atoms with Gasteiger partial charge in [-0.3, -0.25) is 4.79 Å². The first-order valence-corrected chi connectivity index (χ1v) is 4.80. The van der Waals surface area contributed by atoms with Gasteiger partial charge in [-0.2, -0.15) is 0 Å². The zero-order valence-electron chi connectivity index (χ0n) is 8.68. The lowest BCUT2D eigenvalue weighted by Gasteiger charge is -2.09. The van der Waals surface area contributed by atoms with Crippen LogP contribution < -0.4 is 5.73 Å². The van der Waals surface area contributed by atoms with Gasteiger partial charge in [0.15, 0.2) is 0 Å².